The number of rotatable bonds is 3. The number of aliphatic imine (C=N–C) groups is 1. The molecule has 0 saturated heterocycles. The summed E-state index contributed by atoms with van der Waals surface area (Å²) in [6.45, 7) is 14.1. The van der Waals surface area contributed by atoms with E-state index in [0.717, 1.165) is 32.0 Å². The van der Waals surface area contributed by atoms with E-state index in [9.17, 15) is 0 Å². The number of nitrogens with zero attached hydrogens (tertiary/aromatic N) is 1. The van der Waals surface area contributed by atoms with Crippen LogP contribution >= 0.6 is 0 Å². The van der Waals surface area contributed by atoms with Gasteiger partial charge in [0.05, 0.1) is 0 Å². The van der Waals surface area contributed by atoms with Crippen molar-refractivity contribution in [2.45, 2.75) is 51.9 Å². The monoisotopic (exact) mass is 287 g/mol. The molecule has 116 valence electrons. The maximum absolute atomic E-state index is 4.47. The lowest BCUT2D eigenvalue weighted by atomic mass is 9.81. The van der Waals surface area contributed by atoms with Crippen LogP contribution in [0.5, 0.6) is 0 Å². The molecule has 2 rings (SSSR count). The third kappa shape index (κ3) is 4.23. The van der Waals surface area contributed by atoms with Gasteiger partial charge < -0.3 is 10.6 Å². The second-order valence-corrected chi connectivity index (χ2v) is 7.58. The Hall–Kier alpha value is -1.51. The molecule has 2 N–H and O–H groups in total. The van der Waals surface area contributed by atoms with Crippen molar-refractivity contribution in [3.8, 4) is 0 Å². The molecule has 1 aromatic rings. The van der Waals surface area contributed by atoms with Gasteiger partial charge in [-0.05, 0) is 23.0 Å². The molecule has 21 heavy (non-hydrogen) atoms. The largest absolute Gasteiger partial charge is 0.356 e. The van der Waals surface area contributed by atoms with Crippen LogP contribution in [-0.2, 0) is 10.8 Å². The molecule has 3 nitrogen and oxygen atoms in total. The fourth-order valence-corrected chi connectivity index (χ4v) is 2.48. The van der Waals surface area contributed by atoms with Gasteiger partial charge in [-0.25, -0.2) is 0 Å². The average Bonchev–Trinajstić information content (AvgIpc) is 2.46. The fraction of sp³-hybridized carbons (Fsp3) is 0.611. The Morgan fingerprint density at radius 3 is 2.19 bits per heavy atom. The molecule has 0 aliphatic carbocycles. The van der Waals surface area contributed by atoms with Crippen LogP contribution in [0.2, 0.25) is 0 Å². The summed E-state index contributed by atoms with van der Waals surface area (Å²) in [5.74, 6) is 0.945. The van der Waals surface area contributed by atoms with Crippen molar-refractivity contribution >= 4 is 5.96 Å². The van der Waals surface area contributed by atoms with E-state index >= 15 is 0 Å². The van der Waals surface area contributed by atoms with Gasteiger partial charge in [-0.15, -0.1) is 0 Å². The molecule has 0 atom stereocenters. The summed E-state index contributed by atoms with van der Waals surface area (Å²) >= 11 is 0. The number of hydrogen-bond acceptors (Lipinski definition) is 3. The van der Waals surface area contributed by atoms with Crippen molar-refractivity contribution in [1.82, 2.24) is 10.6 Å². The van der Waals surface area contributed by atoms with Crippen LogP contribution in [0.1, 0.15) is 52.2 Å². The molecule has 0 unspecified atom stereocenters. The van der Waals surface area contributed by atoms with Crippen molar-refractivity contribution in [1.29, 1.82) is 0 Å². The van der Waals surface area contributed by atoms with Gasteiger partial charge in [-0.3, -0.25) is 4.99 Å². The topological polar surface area (TPSA) is 36.4 Å². The van der Waals surface area contributed by atoms with Gasteiger partial charge in [0.2, 0.25) is 0 Å². The first kappa shape index (κ1) is 15.9. The molecule has 0 amide bonds. The van der Waals surface area contributed by atoms with Crippen LogP contribution in [0.4, 0.5) is 0 Å². The van der Waals surface area contributed by atoms with Crippen LogP contribution in [-0.4, -0.2) is 25.6 Å². The van der Waals surface area contributed by atoms with Crippen molar-refractivity contribution in [3.63, 3.8) is 0 Å². The van der Waals surface area contributed by atoms with Gasteiger partial charge in [-0.1, -0.05) is 58.9 Å². The Balaban J connectivity index is 2.03. The molecule has 3 heteroatoms. The van der Waals surface area contributed by atoms with Crippen LogP contribution in [0, 0.1) is 0 Å². The minimum atomic E-state index is 0.0814. The molecule has 1 heterocycles. The van der Waals surface area contributed by atoms with Gasteiger partial charge in [0.25, 0.3) is 0 Å². The van der Waals surface area contributed by atoms with Gasteiger partial charge >= 0.3 is 0 Å². The fourth-order valence-electron chi connectivity index (χ4n) is 2.48. The predicted octanol–water partition coefficient (Wildman–Crippen LogP) is 3.20. The predicted molar refractivity (Wildman–Crippen MR) is 91.1 cm³/mol. The summed E-state index contributed by atoms with van der Waals surface area (Å²) in [7, 11) is 0. The van der Waals surface area contributed by atoms with Crippen molar-refractivity contribution in [3.05, 3.63) is 35.4 Å². The smallest absolute Gasteiger partial charge is 0.191 e. The number of nitrogens with one attached hydrogen (secondary N) is 2. The Morgan fingerprint density at radius 2 is 1.67 bits per heavy atom. The SMILES string of the molecule is CC(C)(C)c1ccc(C(C)(C)CNC2=NCCCN2)cc1. The number of hydrogen-bond donors (Lipinski definition) is 2. The lowest BCUT2D eigenvalue weighted by Gasteiger charge is -2.28. The average molecular weight is 287 g/mol. The summed E-state index contributed by atoms with van der Waals surface area (Å²) in [6, 6.07) is 9.04. The van der Waals surface area contributed by atoms with Crippen LogP contribution < -0.4 is 10.6 Å². The highest BCUT2D eigenvalue weighted by molar-refractivity contribution is 5.80. The molecule has 0 bridgehead atoms. The summed E-state index contributed by atoms with van der Waals surface area (Å²) in [6.07, 6.45) is 1.13. The van der Waals surface area contributed by atoms with Gasteiger partial charge in [-0.2, -0.15) is 0 Å². The van der Waals surface area contributed by atoms with Crippen molar-refractivity contribution < 1.29 is 0 Å². The van der Waals surface area contributed by atoms with Crippen LogP contribution in [0.25, 0.3) is 0 Å². The standard InChI is InChI=1S/C18H29N3/c1-17(2,3)14-7-9-15(10-8-14)18(4,5)13-21-16-19-11-6-12-20-16/h7-10H,6,11-13H2,1-5H3,(H2,19,20,21). The Kier molecular flexibility index (Phi) is 4.60. The minimum Gasteiger partial charge on any atom is -0.356 e. The minimum absolute atomic E-state index is 0.0814. The van der Waals surface area contributed by atoms with E-state index in [4.69, 9.17) is 0 Å². The van der Waals surface area contributed by atoms with Crippen molar-refractivity contribution in [2.24, 2.45) is 4.99 Å². The third-order valence-corrected chi connectivity index (χ3v) is 4.13. The second-order valence-electron chi connectivity index (χ2n) is 7.58. The zero-order chi connectivity index (χ0) is 15.5. The summed E-state index contributed by atoms with van der Waals surface area (Å²) < 4.78 is 0. The molecule has 1 aliphatic rings. The summed E-state index contributed by atoms with van der Waals surface area (Å²) in [4.78, 5) is 4.47. The van der Waals surface area contributed by atoms with E-state index in [-0.39, 0.29) is 10.8 Å². The molecule has 1 aromatic carbocycles. The van der Waals surface area contributed by atoms with Crippen LogP contribution in [0.15, 0.2) is 29.3 Å². The van der Waals surface area contributed by atoms with Crippen LogP contribution in [0.3, 0.4) is 0 Å². The van der Waals surface area contributed by atoms with E-state index in [1.165, 1.54) is 11.1 Å². The first-order valence-electron chi connectivity index (χ1n) is 7.92. The molecule has 0 aromatic heterocycles. The lowest BCUT2D eigenvalue weighted by Crippen LogP contribution is -2.45. The highest BCUT2D eigenvalue weighted by Gasteiger charge is 2.22. The quantitative estimate of drug-likeness (QED) is 0.895. The normalized spacial score (nSPS) is 16.1. The Morgan fingerprint density at radius 1 is 1.05 bits per heavy atom. The van der Waals surface area contributed by atoms with E-state index < -0.39 is 0 Å². The van der Waals surface area contributed by atoms with Crippen molar-refractivity contribution in [2.75, 3.05) is 19.6 Å². The third-order valence-electron chi connectivity index (χ3n) is 4.13. The van der Waals surface area contributed by atoms with Gasteiger partial charge in [0.1, 0.15) is 0 Å². The maximum Gasteiger partial charge on any atom is 0.191 e. The molecule has 1 aliphatic heterocycles. The van der Waals surface area contributed by atoms with E-state index in [2.05, 4.69) is 74.5 Å². The molecular weight excluding hydrogens is 258 g/mol. The molecular formula is C18H29N3. The number of guanidine groups is 1. The second kappa shape index (κ2) is 6.08. The summed E-state index contributed by atoms with van der Waals surface area (Å²) in [5.41, 5.74) is 3.03. The first-order chi connectivity index (χ1) is 9.79. The zero-order valence-corrected chi connectivity index (χ0v) is 14.1. The van der Waals surface area contributed by atoms with E-state index in [0.29, 0.717) is 0 Å². The first-order valence-corrected chi connectivity index (χ1v) is 7.92. The van der Waals surface area contributed by atoms with Gasteiger partial charge in [0.15, 0.2) is 5.96 Å². The summed E-state index contributed by atoms with van der Waals surface area (Å²) in [5, 5.41) is 6.76. The highest BCUT2D eigenvalue weighted by atomic mass is 15.2. The molecule has 0 spiro atoms. The molecule has 0 radical (unpaired) electrons. The van der Waals surface area contributed by atoms with E-state index in [1.807, 2.05) is 0 Å². The molecule has 0 fully saturated rings. The van der Waals surface area contributed by atoms with Gasteiger partial charge in [0, 0.05) is 25.0 Å². The number of benzene rings is 1. The Bertz CT molecular complexity index is 492. The maximum atomic E-state index is 4.47. The van der Waals surface area contributed by atoms with E-state index in [1.54, 1.807) is 0 Å². The highest BCUT2D eigenvalue weighted by Crippen LogP contribution is 2.27. The lowest BCUT2D eigenvalue weighted by molar-refractivity contribution is 0.504. The molecule has 0 saturated carbocycles. The Labute approximate surface area is 129 Å². The zero-order valence-electron chi connectivity index (χ0n) is 14.1.